The van der Waals surface area contributed by atoms with E-state index in [2.05, 4.69) is 45.9 Å². The van der Waals surface area contributed by atoms with Gasteiger partial charge < -0.3 is 19.9 Å². The lowest BCUT2D eigenvalue weighted by Crippen LogP contribution is -2.21. The molecule has 3 aromatic rings. The van der Waals surface area contributed by atoms with Crippen LogP contribution in [0.4, 0.5) is 0 Å². The molecule has 1 aliphatic heterocycles. The Morgan fingerprint density at radius 3 is 2.49 bits per heavy atom. The third-order valence-electron chi connectivity index (χ3n) is 6.37. The number of nitriles is 1. The van der Waals surface area contributed by atoms with Crippen LogP contribution < -0.4 is 19.9 Å². The van der Waals surface area contributed by atoms with Crippen LogP contribution >= 0.6 is 0 Å². The summed E-state index contributed by atoms with van der Waals surface area (Å²) in [4.78, 5) is 13.0. The molecule has 0 fully saturated rings. The van der Waals surface area contributed by atoms with Crippen LogP contribution in [-0.4, -0.2) is 12.6 Å². The van der Waals surface area contributed by atoms with Gasteiger partial charge in [0, 0.05) is 11.6 Å². The van der Waals surface area contributed by atoms with Crippen LogP contribution in [0.2, 0.25) is 0 Å². The first kappa shape index (κ1) is 25.8. The molecule has 6 heteroatoms. The smallest absolute Gasteiger partial charge is 0.347 e. The number of ether oxygens (including phenoxy) is 3. The molecule has 1 unspecified atom stereocenters. The van der Waals surface area contributed by atoms with Gasteiger partial charge in [0.25, 0.3) is 0 Å². The van der Waals surface area contributed by atoms with Gasteiger partial charge in [-0.2, -0.15) is 5.26 Å². The van der Waals surface area contributed by atoms with Gasteiger partial charge in [-0.15, -0.1) is 0 Å². The highest BCUT2D eigenvalue weighted by Crippen LogP contribution is 2.43. The molecule has 1 heterocycles. The number of esters is 1. The first-order valence-electron chi connectivity index (χ1n) is 12.5. The lowest BCUT2D eigenvalue weighted by Gasteiger charge is -2.27. The molecule has 0 radical (unpaired) electrons. The molecule has 0 aliphatic carbocycles. The number of fused-ring (bicyclic) bond motifs is 1. The predicted octanol–water partition coefficient (Wildman–Crippen LogP) is 6.60. The summed E-state index contributed by atoms with van der Waals surface area (Å²) >= 11 is 0. The monoisotopic (exact) mass is 496 g/mol. The SMILES string of the molecule is CCCCOc1ccccc1C(=O)Oc1ccc2c(c1)OC(N)=C(C#N)C2c1ccc(C(C)(C)C)cc1. The Kier molecular flexibility index (Phi) is 7.54. The fraction of sp³-hybridized carbons (Fsp3) is 0.290. The van der Waals surface area contributed by atoms with Crippen molar-refractivity contribution >= 4 is 5.97 Å². The van der Waals surface area contributed by atoms with E-state index < -0.39 is 5.97 Å². The van der Waals surface area contributed by atoms with Gasteiger partial charge in [-0.3, -0.25) is 0 Å². The van der Waals surface area contributed by atoms with E-state index in [0.29, 0.717) is 35.0 Å². The van der Waals surface area contributed by atoms with Gasteiger partial charge in [0.05, 0.1) is 12.5 Å². The summed E-state index contributed by atoms with van der Waals surface area (Å²) in [6, 6.07) is 22.6. The highest BCUT2D eigenvalue weighted by atomic mass is 16.5. The molecule has 0 aromatic heterocycles. The van der Waals surface area contributed by atoms with Crippen molar-refractivity contribution in [3.63, 3.8) is 0 Å². The lowest BCUT2D eigenvalue weighted by atomic mass is 9.81. The van der Waals surface area contributed by atoms with Crippen LogP contribution in [0, 0.1) is 11.3 Å². The van der Waals surface area contributed by atoms with Crippen molar-refractivity contribution < 1.29 is 19.0 Å². The van der Waals surface area contributed by atoms with Gasteiger partial charge in [0.15, 0.2) is 0 Å². The maximum atomic E-state index is 13.0. The van der Waals surface area contributed by atoms with Crippen LogP contribution in [0.3, 0.4) is 0 Å². The van der Waals surface area contributed by atoms with Crippen molar-refractivity contribution in [2.75, 3.05) is 6.61 Å². The minimum atomic E-state index is -0.529. The summed E-state index contributed by atoms with van der Waals surface area (Å²) in [6.45, 7) is 9.07. The standard InChI is InChI=1S/C31H32N2O4/c1-5-6-17-35-26-10-8-7-9-24(26)30(34)36-22-15-16-23-27(18-22)37-29(33)25(19-32)28(23)20-11-13-21(14-12-20)31(2,3)4/h7-16,18,28H,5-6,17,33H2,1-4H3. The van der Waals surface area contributed by atoms with Gasteiger partial charge in [-0.05, 0) is 41.2 Å². The van der Waals surface area contributed by atoms with Crippen molar-refractivity contribution in [2.24, 2.45) is 5.73 Å². The number of hydrogen-bond donors (Lipinski definition) is 1. The summed E-state index contributed by atoms with van der Waals surface area (Å²) in [5, 5.41) is 9.86. The lowest BCUT2D eigenvalue weighted by molar-refractivity contribution is 0.0730. The topological polar surface area (TPSA) is 94.6 Å². The number of rotatable bonds is 7. The fourth-order valence-corrected chi connectivity index (χ4v) is 4.27. The maximum absolute atomic E-state index is 13.0. The van der Waals surface area contributed by atoms with Crippen LogP contribution in [-0.2, 0) is 5.41 Å². The molecule has 0 amide bonds. The molecule has 2 N–H and O–H groups in total. The number of unbranched alkanes of at least 4 members (excludes halogenated alkanes) is 1. The Labute approximate surface area is 218 Å². The summed E-state index contributed by atoms with van der Waals surface area (Å²) in [6.07, 6.45) is 1.89. The molecule has 4 rings (SSSR count). The summed E-state index contributed by atoms with van der Waals surface area (Å²) in [5.74, 6) is 0.359. The third-order valence-corrected chi connectivity index (χ3v) is 6.37. The quantitative estimate of drug-likeness (QED) is 0.225. The average Bonchev–Trinajstić information content (AvgIpc) is 2.88. The van der Waals surface area contributed by atoms with Crippen LogP contribution in [0.5, 0.6) is 17.2 Å². The van der Waals surface area contributed by atoms with Crippen molar-refractivity contribution in [3.8, 4) is 23.3 Å². The van der Waals surface area contributed by atoms with Gasteiger partial charge in [-0.25, -0.2) is 4.79 Å². The Morgan fingerprint density at radius 2 is 1.81 bits per heavy atom. The van der Waals surface area contributed by atoms with E-state index in [1.165, 1.54) is 5.56 Å². The normalized spacial score (nSPS) is 14.8. The highest BCUT2D eigenvalue weighted by Gasteiger charge is 2.31. The molecule has 0 saturated heterocycles. The summed E-state index contributed by atoms with van der Waals surface area (Å²) < 4.78 is 17.3. The van der Waals surface area contributed by atoms with Gasteiger partial charge in [0.2, 0.25) is 5.88 Å². The minimum absolute atomic E-state index is 0.0114. The van der Waals surface area contributed by atoms with E-state index >= 15 is 0 Å². The zero-order valence-electron chi connectivity index (χ0n) is 21.7. The molecular formula is C31H32N2O4. The molecular weight excluding hydrogens is 464 g/mol. The molecule has 0 spiro atoms. The number of hydrogen-bond acceptors (Lipinski definition) is 6. The molecule has 0 bridgehead atoms. The number of nitrogens with two attached hydrogens (primary N) is 1. The average molecular weight is 497 g/mol. The number of carbonyl (C=O) groups is 1. The summed E-state index contributed by atoms with van der Waals surface area (Å²) in [5.41, 5.74) is 9.77. The van der Waals surface area contributed by atoms with E-state index in [4.69, 9.17) is 19.9 Å². The molecule has 3 aromatic carbocycles. The molecule has 0 saturated carbocycles. The second kappa shape index (κ2) is 10.8. The predicted molar refractivity (Wildman–Crippen MR) is 143 cm³/mol. The number of benzene rings is 3. The van der Waals surface area contributed by atoms with Crippen LogP contribution in [0.25, 0.3) is 0 Å². The molecule has 6 nitrogen and oxygen atoms in total. The van der Waals surface area contributed by atoms with E-state index in [1.54, 1.807) is 30.3 Å². The van der Waals surface area contributed by atoms with Crippen molar-refractivity contribution in [1.82, 2.24) is 0 Å². The second-order valence-corrected chi connectivity index (χ2v) is 10.1. The highest BCUT2D eigenvalue weighted by molar-refractivity contribution is 5.94. The first-order chi connectivity index (χ1) is 17.7. The van der Waals surface area contributed by atoms with E-state index in [0.717, 1.165) is 24.0 Å². The first-order valence-corrected chi connectivity index (χ1v) is 12.5. The number of nitrogens with zero attached hydrogens (tertiary/aromatic N) is 1. The van der Waals surface area contributed by atoms with E-state index in [9.17, 15) is 10.1 Å². The number of carbonyl (C=O) groups excluding carboxylic acids is 1. The largest absolute Gasteiger partial charge is 0.493 e. The molecule has 190 valence electrons. The number of allylic oxidation sites excluding steroid dienone is 1. The Morgan fingerprint density at radius 1 is 1.08 bits per heavy atom. The van der Waals surface area contributed by atoms with Crippen LogP contribution in [0.15, 0.2) is 78.2 Å². The minimum Gasteiger partial charge on any atom is -0.493 e. The van der Waals surface area contributed by atoms with Gasteiger partial charge >= 0.3 is 5.97 Å². The molecule has 1 aliphatic rings. The second-order valence-electron chi connectivity index (χ2n) is 10.1. The zero-order chi connectivity index (χ0) is 26.6. The van der Waals surface area contributed by atoms with Gasteiger partial charge in [-0.1, -0.05) is 76.6 Å². The Bertz CT molecular complexity index is 1360. The molecule has 37 heavy (non-hydrogen) atoms. The van der Waals surface area contributed by atoms with E-state index in [-0.39, 0.29) is 17.2 Å². The third kappa shape index (κ3) is 5.62. The Balaban J connectivity index is 1.62. The van der Waals surface area contributed by atoms with Crippen molar-refractivity contribution in [3.05, 3.63) is 100 Å². The summed E-state index contributed by atoms with van der Waals surface area (Å²) in [7, 11) is 0. The van der Waals surface area contributed by atoms with Crippen molar-refractivity contribution in [2.45, 2.75) is 51.9 Å². The fourth-order valence-electron chi connectivity index (χ4n) is 4.27. The van der Waals surface area contributed by atoms with Gasteiger partial charge in [0.1, 0.15) is 34.5 Å². The molecule has 1 atom stereocenters. The number of para-hydroxylation sites is 1. The Hall–Kier alpha value is -4.24. The van der Waals surface area contributed by atoms with E-state index in [1.807, 2.05) is 24.3 Å². The van der Waals surface area contributed by atoms with Crippen LogP contribution in [0.1, 0.15) is 73.5 Å². The maximum Gasteiger partial charge on any atom is 0.347 e. The van der Waals surface area contributed by atoms with Crippen molar-refractivity contribution in [1.29, 1.82) is 5.26 Å². The zero-order valence-corrected chi connectivity index (χ0v) is 21.7.